The van der Waals surface area contributed by atoms with Crippen LogP contribution in [0.5, 0.6) is 5.75 Å². The molecule has 0 aliphatic heterocycles. The number of hydrogen-bond donors (Lipinski definition) is 0. The van der Waals surface area contributed by atoms with E-state index in [0.29, 0.717) is 12.4 Å². The maximum absolute atomic E-state index is 14.1. The summed E-state index contributed by atoms with van der Waals surface area (Å²) in [6.07, 6.45) is 10.2. The normalized spacial score (nSPS) is 10.7. The molecule has 0 aliphatic carbocycles. The lowest BCUT2D eigenvalue weighted by Crippen LogP contribution is -2.00. The second-order valence-corrected chi connectivity index (χ2v) is 6.17. The van der Waals surface area contributed by atoms with Crippen molar-refractivity contribution in [2.75, 3.05) is 6.61 Å². The zero-order valence-corrected chi connectivity index (χ0v) is 15.1. The van der Waals surface area contributed by atoms with E-state index in [0.717, 1.165) is 18.9 Å². The monoisotopic (exact) mass is 364 g/mol. The number of unbranched alkanes of at least 4 members (excludes halogenated alkanes) is 5. The zero-order valence-electron chi connectivity index (χ0n) is 14.3. The summed E-state index contributed by atoms with van der Waals surface area (Å²) in [5, 5.41) is -0.704. The molecule has 25 heavy (non-hydrogen) atoms. The molecular weight excluding hydrogens is 343 g/mol. The summed E-state index contributed by atoms with van der Waals surface area (Å²) < 4.78 is 19.7. The van der Waals surface area contributed by atoms with Crippen LogP contribution in [-0.4, -0.2) is 21.8 Å². The van der Waals surface area contributed by atoms with Gasteiger partial charge in [-0.15, -0.1) is 0 Å². The Morgan fingerprint density at radius 1 is 1.12 bits per heavy atom. The van der Waals surface area contributed by atoms with Crippen molar-refractivity contribution >= 4 is 16.8 Å². The molecule has 0 fully saturated rings. The van der Waals surface area contributed by atoms with Crippen LogP contribution in [0.15, 0.2) is 30.6 Å². The van der Waals surface area contributed by atoms with Gasteiger partial charge in [0.15, 0.2) is 11.6 Å². The van der Waals surface area contributed by atoms with Crippen molar-refractivity contribution in [1.82, 2.24) is 9.97 Å². The molecular formula is C19H22ClFN2O2. The average Bonchev–Trinajstić information content (AvgIpc) is 2.61. The van der Waals surface area contributed by atoms with Crippen LogP contribution >= 0.6 is 11.6 Å². The van der Waals surface area contributed by atoms with Crippen molar-refractivity contribution in [1.29, 1.82) is 0 Å². The molecule has 0 spiro atoms. The van der Waals surface area contributed by atoms with Crippen LogP contribution in [-0.2, 0) is 0 Å². The summed E-state index contributed by atoms with van der Waals surface area (Å²) in [5.74, 6) is 0.204. The minimum Gasteiger partial charge on any atom is -0.490 e. The van der Waals surface area contributed by atoms with Crippen molar-refractivity contribution in [2.24, 2.45) is 0 Å². The Kier molecular flexibility index (Phi) is 7.79. The molecule has 6 heteroatoms. The van der Waals surface area contributed by atoms with Gasteiger partial charge in [0, 0.05) is 5.56 Å². The SMILES string of the molecule is CCCCCCCCOc1cnc(-c2ccc(C(=O)Cl)cc2F)nc1. The Balaban J connectivity index is 1.86. The van der Waals surface area contributed by atoms with Gasteiger partial charge in [0.25, 0.3) is 5.24 Å². The number of hydrogen-bond acceptors (Lipinski definition) is 4. The van der Waals surface area contributed by atoms with Crippen molar-refractivity contribution < 1.29 is 13.9 Å². The van der Waals surface area contributed by atoms with Crippen LogP contribution in [0, 0.1) is 5.82 Å². The molecule has 134 valence electrons. The highest BCUT2D eigenvalue weighted by molar-refractivity contribution is 6.67. The van der Waals surface area contributed by atoms with Gasteiger partial charge in [-0.05, 0) is 36.2 Å². The second-order valence-electron chi connectivity index (χ2n) is 5.83. The predicted octanol–water partition coefficient (Wildman–Crippen LogP) is 5.40. The molecule has 0 aliphatic rings. The van der Waals surface area contributed by atoms with Gasteiger partial charge >= 0.3 is 0 Å². The maximum atomic E-state index is 14.1. The number of carbonyl (C=O) groups is 1. The molecule has 0 amide bonds. The van der Waals surface area contributed by atoms with Gasteiger partial charge in [-0.1, -0.05) is 39.0 Å². The summed E-state index contributed by atoms with van der Waals surface area (Å²) in [7, 11) is 0. The third-order valence-electron chi connectivity index (χ3n) is 3.83. The van der Waals surface area contributed by atoms with E-state index in [1.165, 1.54) is 50.2 Å². The molecule has 0 saturated heterocycles. The first-order valence-electron chi connectivity index (χ1n) is 8.56. The highest BCUT2D eigenvalue weighted by Crippen LogP contribution is 2.22. The fraction of sp³-hybridized carbons (Fsp3) is 0.421. The molecule has 1 heterocycles. The number of carbonyl (C=O) groups excluding carboxylic acids is 1. The van der Waals surface area contributed by atoms with E-state index >= 15 is 0 Å². The third kappa shape index (κ3) is 6.09. The van der Waals surface area contributed by atoms with Crippen molar-refractivity contribution in [3.8, 4) is 17.1 Å². The molecule has 0 unspecified atom stereocenters. The minimum atomic E-state index is -0.704. The van der Waals surface area contributed by atoms with Gasteiger partial charge in [0.2, 0.25) is 0 Å². The number of benzene rings is 1. The largest absolute Gasteiger partial charge is 0.490 e. The van der Waals surface area contributed by atoms with E-state index in [1.54, 1.807) is 0 Å². The van der Waals surface area contributed by atoms with Crippen molar-refractivity contribution in [3.05, 3.63) is 42.0 Å². The fourth-order valence-electron chi connectivity index (χ4n) is 2.42. The van der Waals surface area contributed by atoms with E-state index in [-0.39, 0.29) is 17.0 Å². The standard InChI is InChI=1S/C19H22ClFN2O2/c1-2-3-4-5-6-7-10-25-15-12-22-19(23-13-15)16-9-8-14(18(20)24)11-17(16)21/h8-9,11-13H,2-7,10H2,1H3. The third-order valence-corrected chi connectivity index (χ3v) is 4.05. The lowest BCUT2D eigenvalue weighted by molar-refractivity contribution is 0.108. The number of nitrogens with zero attached hydrogens (tertiary/aromatic N) is 2. The highest BCUT2D eigenvalue weighted by atomic mass is 35.5. The van der Waals surface area contributed by atoms with Crippen LogP contribution in [0.1, 0.15) is 55.8 Å². The average molecular weight is 365 g/mol. The van der Waals surface area contributed by atoms with E-state index in [9.17, 15) is 9.18 Å². The number of halogens is 2. The van der Waals surface area contributed by atoms with Crippen LogP contribution in [0.3, 0.4) is 0 Å². The molecule has 4 nitrogen and oxygen atoms in total. The molecule has 0 bridgehead atoms. The first-order valence-corrected chi connectivity index (χ1v) is 8.94. The molecule has 0 radical (unpaired) electrons. The van der Waals surface area contributed by atoms with Gasteiger partial charge in [-0.25, -0.2) is 14.4 Å². The summed E-state index contributed by atoms with van der Waals surface area (Å²) in [5.41, 5.74) is 0.311. The van der Waals surface area contributed by atoms with Gasteiger partial charge in [-0.2, -0.15) is 0 Å². The Hall–Kier alpha value is -2.01. The smallest absolute Gasteiger partial charge is 0.252 e. The van der Waals surface area contributed by atoms with E-state index in [2.05, 4.69) is 16.9 Å². The second kappa shape index (κ2) is 10.1. The topological polar surface area (TPSA) is 52.1 Å². The zero-order chi connectivity index (χ0) is 18.1. The minimum absolute atomic E-state index is 0.0989. The van der Waals surface area contributed by atoms with Gasteiger partial charge in [0.1, 0.15) is 5.82 Å². The van der Waals surface area contributed by atoms with Crippen LogP contribution in [0.4, 0.5) is 4.39 Å². The summed E-state index contributed by atoms with van der Waals surface area (Å²) in [4.78, 5) is 19.3. The quantitative estimate of drug-likeness (QED) is 0.418. The molecule has 0 N–H and O–H groups in total. The van der Waals surface area contributed by atoms with E-state index in [1.807, 2.05) is 0 Å². The molecule has 0 atom stereocenters. The van der Waals surface area contributed by atoms with Crippen LogP contribution < -0.4 is 4.74 Å². The first-order chi connectivity index (χ1) is 12.1. The Morgan fingerprint density at radius 2 is 1.80 bits per heavy atom. The summed E-state index contributed by atoms with van der Waals surface area (Å²) in [6, 6.07) is 3.97. The van der Waals surface area contributed by atoms with Crippen LogP contribution in [0.2, 0.25) is 0 Å². The Labute approximate surface area is 152 Å². The summed E-state index contributed by atoms with van der Waals surface area (Å²) in [6.45, 7) is 2.82. The number of ether oxygens (including phenoxy) is 1. The molecule has 1 aromatic heterocycles. The predicted molar refractivity (Wildman–Crippen MR) is 96.5 cm³/mol. The van der Waals surface area contributed by atoms with Gasteiger partial charge < -0.3 is 4.74 Å². The molecule has 2 aromatic rings. The number of rotatable bonds is 10. The summed E-state index contributed by atoms with van der Waals surface area (Å²) >= 11 is 5.34. The maximum Gasteiger partial charge on any atom is 0.252 e. The van der Waals surface area contributed by atoms with Gasteiger partial charge in [-0.3, -0.25) is 4.79 Å². The van der Waals surface area contributed by atoms with Crippen LogP contribution in [0.25, 0.3) is 11.4 Å². The first kappa shape index (κ1) is 19.3. The van der Waals surface area contributed by atoms with E-state index < -0.39 is 11.1 Å². The molecule has 2 rings (SSSR count). The lowest BCUT2D eigenvalue weighted by atomic mass is 10.1. The van der Waals surface area contributed by atoms with Crippen molar-refractivity contribution in [2.45, 2.75) is 45.4 Å². The fourth-order valence-corrected chi connectivity index (χ4v) is 2.54. The number of aromatic nitrogens is 2. The van der Waals surface area contributed by atoms with E-state index in [4.69, 9.17) is 16.3 Å². The molecule has 0 saturated carbocycles. The Bertz CT molecular complexity index is 692. The highest BCUT2D eigenvalue weighted by Gasteiger charge is 2.11. The Morgan fingerprint density at radius 3 is 2.44 bits per heavy atom. The lowest BCUT2D eigenvalue weighted by Gasteiger charge is -2.07. The van der Waals surface area contributed by atoms with Gasteiger partial charge in [0.05, 0.1) is 24.6 Å². The molecule has 1 aromatic carbocycles. The van der Waals surface area contributed by atoms with Crippen molar-refractivity contribution in [3.63, 3.8) is 0 Å².